The van der Waals surface area contributed by atoms with E-state index in [9.17, 15) is 24.6 Å². The molecule has 4 aliphatic carbocycles. The van der Waals surface area contributed by atoms with Crippen LogP contribution in [0, 0.1) is 34.5 Å². The lowest BCUT2D eigenvalue weighted by Gasteiger charge is -2.57. The maximum atomic E-state index is 12.4. The summed E-state index contributed by atoms with van der Waals surface area (Å²) in [5.74, 6) is -0.149. The SMILES string of the molecule is C[C@]12CC[C@H]3[C@@H](CCC4=CC(=O)CC[C@@]43C(=O)O)[C@@H]1CC[C@@H]2C(=O)CO. The number of Topliss-reactive ketones (excluding diaryl/α,β-unsaturated/α-hetero) is 1. The summed E-state index contributed by atoms with van der Waals surface area (Å²) >= 11 is 0. The van der Waals surface area contributed by atoms with Gasteiger partial charge < -0.3 is 10.2 Å². The first-order chi connectivity index (χ1) is 12.3. The van der Waals surface area contributed by atoms with Crippen molar-refractivity contribution in [3.8, 4) is 0 Å². The molecular weight excluding hydrogens is 332 g/mol. The van der Waals surface area contributed by atoms with E-state index in [1.165, 1.54) is 0 Å². The number of ketones is 2. The Morgan fingerprint density at radius 1 is 1.12 bits per heavy atom. The van der Waals surface area contributed by atoms with Gasteiger partial charge in [0.1, 0.15) is 6.61 Å². The smallest absolute Gasteiger partial charge is 0.314 e. The number of aliphatic carboxylic acids is 1. The predicted molar refractivity (Wildman–Crippen MR) is 94.3 cm³/mol. The molecule has 0 amide bonds. The third-order valence-electron chi connectivity index (χ3n) is 8.42. The molecule has 5 heteroatoms. The second-order valence-corrected chi connectivity index (χ2v) is 9.13. The highest BCUT2D eigenvalue weighted by molar-refractivity contribution is 5.95. The van der Waals surface area contributed by atoms with Gasteiger partial charge in [-0.1, -0.05) is 6.92 Å². The lowest BCUT2D eigenvalue weighted by molar-refractivity contribution is -0.160. The van der Waals surface area contributed by atoms with Gasteiger partial charge in [-0.2, -0.15) is 0 Å². The Labute approximate surface area is 153 Å². The molecule has 0 aromatic carbocycles. The van der Waals surface area contributed by atoms with Crippen molar-refractivity contribution >= 4 is 17.5 Å². The monoisotopic (exact) mass is 360 g/mol. The topological polar surface area (TPSA) is 91.7 Å². The van der Waals surface area contributed by atoms with Gasteiger partial charge in [-0.05, 0) is 79.8 Å². The zero-order chi connectivity index (χ0) is 18.7. The molecule has 0 heterocycles. The van der Waals surface area contributed by atoms with Crippen molar-refractivity contribution < 1.29 is 24.6 Å². The molecule has 3 saturated carbocycles. The molecule has 4 aliphatic rings. The minimum Gasteiger partial charge on any atom is -0.481 e. The van der Waals surface area contributed by atoms with Gasteiger partial charge in [0.25, 0.3) is 0 Å². The average Bonchev–Trinajstić information content (AvgIpc) is 2.97. The summed E-state index contributed by atoms with van der Waals surface area (Å²) < 4.78 is 0. The Morgan fingerprint density at radius 2 is 1.88 bits per heavy atom. The summed E-state index contributed by atoms with van der Waals surface area (Å²) in [5, 5.41) is 19.6. The van der Waals surface area contributed by atoms with Crippen LogP contribution >= 0.6 is 0 Å². The van der Waals surface area contributed by atoms with Crippen molar-refractivity contribution in [3.63, 3.8) is 0 Å². The first kappa shape index (κ1) is 17.9. The van der Waals surface area contributed by atoms with Crippen molar-refractivity contribution in [2.45, 2.75) is 58.3 Å². The second-order valence-electron chi connectivity index (χ2n) is 9.13. The summed E-state index contributed by atoms with van der Waals surface area (Å²) in [7, 11) is 0. The Balaban J connectivity index is 1.71. The molecule has 0 aromatic heterocycles. The molecule has 0 aliphatic heterocycles. The van der Waals surface area contributed by atoms with Crippen molar-refractivity contribution in [1.82, 2.24) is 0 Å². The van der Waals surface area contributed by atoms with Gasteiger partial charge in [0.2, 0.25) is 0 Å². The van der Waals surface area contributed by atoms with E-state index in [2.05, 4.69) is 6.92 Å². The fraction of sp³-hybridized carbons (Fsp3) is 0.762. The van der Waals surface area contributed by atoms with Crippen molar-refractivity contribution in [2.75, 3.05) is 6.61 Å². The fourth-order valence-electron chi connectivity index (χ4n) is 7.26. The minimum absolute atomic E-state index is 0.0546. The summed E-state index contributed by atoms with van der Waals surface area (Å²) in [6.45, 7) is 1.79. The second kappa shape index (κ2) is 6.01. The Kier molecular flexibility index (Phi) is 4.14. The number of aliphatic hydroxyl groups is 1. The normalized spacial score (nSPS) is 44.5. The van der Waals surface area contributed by atoms with Gasteiger partial charge in [-0.3, -0.25) is 14.4 Å². The number of fused-ring (bicyclic) bond motifs is 5. The fourth-order valence-corrected chi connectivity index (χ4v) is 7.26. The quantitative estimate of drug-likeness (QED) is 0.807. The third kappa shape index (κ3) is 2.22. The molecule has 6 atom stereocenters. The van der Waals surface area contributed by atoms with E-state index in [1.54, 1.807) is 6.08 Å². The Bertz CT molecular complexity index is 695. The molecule has 0 radical (unpaired) electrons. The third-order valence-corrected chi connectivity index (χ3v) is 8.42. The minimum atomic E-state index is -0.878. The first-order valence-corrected chi connectivity index (χ1v) is 9.95. The van der Waals surface area contributed by atoms with Crippen molar-refractivity contribution in [1.29, 1.82) is 0 Å². The van der Waals surface area contributed by atoms with Crippen molar-refractivity contribution in [3.05, 3.63) is 11.6 Å². The van der Waals surface area contributed by atoms with E-state index in [0.29, 0.717) is 31.1 Å². The van der Waals surface area contributed by atoms with Crippen LogP contribution in [-0.2, 0) is 14.4 Å². The molecule has 2 N–H and O–H groups in total. The number of hydrogen-bond acceptors (Lipinski definition) is 4. The molecule has 26 heavy (non-hydrogen) atoms. The molecule has 0 bridgehead atoms. The number of carboxylic acids is 1. The van der Waals surface area contributed by atoms with Crippen LogP contribution in [0.25, 0.3) is 0 Å². The van der Waals surface area contributed by atoms with Crippen LogP contribution in [0.4, 0.5) is 0 Å². The van der Waals surface area contributed by atoms with Gasteiger partial charge in [-0.25, -0.2) is 0 Å². The van der Waals surface area contributed by atoms with Gasteiger partial charge in [-0.15, -0.1) is 0 Å². The standard InChI is InChI=1S/C21H28O5/c1-20-8-7-16-14(15(20)4-5-17(20)18(24)11-22)3-2-12-10-13(23)6-9-21(12,16)19(25)26/h10,14-17,22H,2-9,11H2,1H3,(H,25,26)/t14-,15-,16-,17+,20-,21+/m0/s1. The number of aliphatic hydroxyl groups excluding tert-OH is 1. The summed E-state index contributed by atoms with van der Waals surface area (Å²) in [6.07, 6.45) is 7.37. The molecule has 5 nitrogen and oxygen atoms in total. The zero-order valence-electron chi connectivity index (χ0n) is 15.4. The highest BCUT2D eigenvalue weighted by atomic mass is 16.4. The number of carbonyl (C=O) groups excluding carboxylic acids is 2. The lowest BCUT2D eigenvalue weighted by Crippen LogP contribution is -2.55. The van der Waals surface area contributed by atoms with Crippen LogP contribution in [-0.4, -0.2) is 34.4 Å². The highest BCUT2D eigenvalue weighted by Gasteiger charge is 2.63. The van der Waals surface area contributed by atoms with Gasteiger partial charge in [0.05, 0.1) is 5.41 Å². The van der Waals surface area contributed by atoms with Gasteiger partial charge in [0.15, 0.2) is 11.6 Å². The number of rotatable bonds is 3. The van der Waals surface area contributed by atoms with Gasteiger partial charge in [0, 0.05) is 12.3 Å². The molecule has 0 aromatic rings. The molecule has 0 saturated heterocycles. The summed E-state index contributed by atoms with van der Waals surface area (Å²) in [6, 6.07) is 0. The first-order valence-electron chi connectivity index (χ1n) is 9.95. The number of carbonyl (C=O) groups is 3. The zero-order valence-corrected chi connectivity index (χ0v) is 15.4. The molecule has 4 rings (SSSR count). The molecule has 3 fully saturated rings. The van der Waals surface area contributed by atoms with Crippen LogP contribution in [0.1, 0.15) is 58.3 Å². The number of carboxylic acid groups (broad SMARTS) is 1. The predicted octanol–water partition coefficient (Wildman–Crippen LogP) is 2.76. The maximum absolute atomic E-state index is 12.4. The highest BCUT2D eigenvalue weighted by Crippen LogP contribution is 2.66. The Morgan fingerprint density at radius 3 is 2.58 bits per heavy atom. The van der Waals surface area contributed by atoms with E-state index in [1.807, 2.05) is 0 Å². The van der Waals surface area contributed by atoms with E-state index >= 15 is 0 Å². The van der Waals surface area contributed by atoms with Crippen LogP contribution < -0.4 is 0 Å². The molecular formula is C21H28O5. The van der Waals surface area contributed by atoms with E-state index < -0.39 is 18.0 Å². The van der Waals surface area contributed by atoms with Crippen LogP contribution in [0.15, 0.2) is 11.6 Å². The lowest BCUT2D eigenvalue weighted by atomic mass is 9.46. The largest absolute Gasteiger partial charge is 0.481 e. The molecule has 142 valence electrons. The van der Waals surface area contributed by atoms with Crippen LogP contribution in [0.5, 0.6) is 0 Å². The number of hydrogen-bond donors (Lipinski definition) is 2. The van der Waals surface area contributed by atoms with E-state index in [4.69, 9.17) is 0 Å². The summed E-state index contributed by atoms with van der Waals surface area (Å²) in [4.78, 5) is 36.6. The summed E-state index contributed by atoms with van der Waals surface area (Å²) in [5.41, 5.74) is -0.157. The van der Waals surface area contributed by atoms with Crippen LogP contribution in [0.3, 0.4) is 0 Å². The molecule has 0 spiro atoms. The molecule has 0 unspecified atom stereocenters. The van der Waals surface area contributed by atoms with E-state index in [0.717, 1.165) is 37.7 Å². The van der Waals surface area contributed by atoms with Crippen LogP contribution in [0.2, 0.25) is 0 Å². The maximum Gasteiger partial charge on any atom is 0.314 e. The van der Waals surface area contributed by atoms with Gasteiger partial charge >= 0.3 is 5.97 Å². The van der Waals surface area contributed by atoms with E-state index in [-0.39, 0.29) is 28.8 Å². The Hall–Kier alpha value is -1.49. The van der Waals surface area contributed by atoms with Crippen molar-refractivity contribution in [2.24, 2.45) is 34.5 Å². The average molecular weight is 360 g/mol.